The van der Waals surface area contributed by atoms with Crippen molar-refractivity contribution in [3.05, 3.63) is 59.7 Å². The lowest BCUT2D eigenvalue weighted by atomic mass is 10.2. The van der Waals surface area contributed by atoms with E-state index in [1.165, 1.54) is 17.1 Å². The average molecular weight is 318 g/mol. The van der Waals surface area contributed by atoms with Gasteiger partial charge in [-0.05, 0) is 35.4 Å². The molecule has 21 heavy (non-hydrogen) atoms. The van der Waals surface area contributed by atoms with Gasteiger partial charge in [-0.25, -0.2) is 0 Å². The number of rotatable bonds is 5. The maximum absolute atomic E-state index is 5.84. The Bertz CT molecular complexity index is 578. The molecule has 0 N–H and O–H groups in total. The summed E-state index contributed by atoms with van der Waals surface area (Å²) in [4.78, 5) is 0. The molecule has 0 aromatic heterocycles. The molecule has 1 fully saturated rings. The van der Waals surface area contributed by atoms with E-state index in [9.17, 15) is 0 Å². The quantitative estimate of drug-likeness (QED) is 0.791. The number of hydrogen-bond acceptors (Lipinski definition) is 4. The molecule has 110 valence electrons. The van der Waals surface area contributed by atoms with E-state index < -0.39 is 0 Å². The molecular weight excluding hydrogens is 300 g/mol. The molecule has 3 rings (SSSR count). The minimum Gasteiger partial charge on any atom is -0.497 e. The molecule has 2 aromatic rings. The summed E-state index contributed by atoms with van der Waals surface area (Å²) < 4.78 is 11.7. The summed E-state index contributed by atoms with van der Waals surface area (Å²) in [7, 11) is 1.68. The van der Waals surface area contributed by atoms with Crippen LogP contribution in [-0.4, -0.2) is 18.6 Å². The third-order valence-corrected chi connectivity index (χ3v) is 6.42. The van der Waals surface area contributed by atoms with Gasteiger partial charge in [0.25, 0.3) is 0 Å². The fourth-order valence-corrected chi connectivity index (χ4v) is 5.06. The number of hydrogen-bond donors (Lipinski definition) is 0. The van der Waals surface area contributed by atoms with Crippen molar-refractivity contribution in [1.29, 1.82) is 0 Å². The van der Waals surface area contributed by atoms with Crippen molar-refractivity contribution in [3.63, 3.8) is 0 Å². The van der Waals surface area contributed by atoms with Gasteiger partial charge in [0.05, 0.1) is 11.7 Å². The van der Waals surface area contributed by atoms with Crippen LogP contribution in [0.25, 0.3) is 0 Å². The lowest BCUT2D eigenvalue weighted by Crippen LogP contribution is -1.96. The van der Waals surface area contributed by atoms with Gasteiger partial charge >= 0.3 is 0 Å². The van der Waals surface area contributed by atoms with Crippen LogP contribution >= 0.6 is 23.5 Å². The van der Waals surface area contributed by atoms with E-state index in [-0.39, 0.29) is 0 Å². The number of benzene rings is 2. The van der Waals surface area contributed by atoms with E-state index in [1.54, 1.807) is 7.11 Å². The van der Waals surface area contributed by atoms with Gasteiger partial charge in [-0.3, -0.25) is 0 Å². The van der Waals surface area contributed by atoms with Crippen LogP contribution in [0.1, 0.15) is 15.7 Å². The Morgan fingerprint density at radius 2 is 1.76 bits per heavy atom. The smallest absolute Gasteiger partial charge is 0.119 e. The molecule has 0 radical (unpaired) electrons. The van der Waals surface area contributed by atoms with Gasteiger partial charge in [0.15, 0.2) is 0 Å². The van der Waals surface area contributed by atoms with Crippen molar-refractivity contribution in [2.75, 3.05) is 18.6 Å². The second kappa shape index (κ2) is 7.14. The summed E-state index contributed by atoms with van der Waals surface area (Å²) >= 11 is 4.05. The van der Waals surface area contributed by atoms with Gasteiger partial charge in [0, 0.05) is 11.5 Å². The predicted molar refractivity (Wildman–Crippen MR) is 91.4 cm³/mol. The molecule has 1 aliphatic rings. The minimum atomic E-state index is 0.559. The molecule has 1 saturated heterocycles. The van der Waals surface area contributed by atoms with Crippen LogP contribution in [-0.2, 0) is 6.61 Å². The Morgan fingerprint density at radius 3 is 2.48 bits per heavy atom. The van der Waals surface area contributed by atoms with Crippen LogP contribution in [0.5, 0.6) is 11.5 Å². The molecule has 4 heteroatoms. The highest BCUT2D eigenvalue weighted by atomic mass is 32.2. The first-order chi connectivity index (χ1) is 10.3. The van der Waals surface area contributed by atoms with E-state index in [4.69, 9.17) is 9.47 Å². The average Bonchev–Trinajstić information content (AvgIpc) is 3.08. The monoisotopic (exact) mass is 318 g/mol. The highest BCUT2D eigenvalue weighted by molar-refractivity contribution is 8.19. The van der Waals surface area contributed by atoms with Crippen LogP contribution in [0.3, 0.4) is 0 Å². The Hall–Kier alpha value is -1.26. The van der Waals surface area contributed by atoms with Crippen molar-refractivity contribution in [1.82, 2.24) is 0 Å². The fraction of sp³-hybridized carbons (Fsp3) is 0.294. The first-order valence-corrected chi connectivity index (χ1v) is 9.04. The summed E-state index contributed by atoms with van der Waals surface area (Å²) in [6.45, 7) is 0.559. The molecule has 0 atom stereocenters. The molecule has 0 amide bonds. The zero-order valence-corrected chi connectivity index (χ0v) is 13.6. The van der Waals surface area contributed by atoms with Crippen molar-refractivity contribution < 1.29 is 9.47 Å². The van der Waals surface area contributed by atoms with E-state index in [1.807, 2.05) is 47.8 Å². The normalized spacial score (nSPS) is 15.1. The highest BCUT2D eigenvalue weighted by Crippen LogP contribution is 2.45. The fourth-order valence-electron chi connectivity index (χ4n) is 2.20. The second-order valence-electron chi connectivity index (χ2n) is 4.78. The Morgan fingerprint density at radius 1 is 1.00 bits per heavy atom. The first-order valence-electron chi connectivity index (χ1n) is 6.94. The molecule has 2 aromatic carbocycles. The van der Waals surface area contributed by atoms with Crippen molar-refractivity contribution in [2.24, 2.45) is 0 Å². The number of thioether (sulfide) groups is 2. The van der Waals surface area contributed by atoms with Crippen LogP contribution < -0.4 is 9.47 Å². The van der Waals surface area contributed by atoms with Gasteiger partial charge in [0.2, 0.25) is 0 Å². The van der Waals surface area contributed by atoms with Crippen LogP contribution in [0.4, 0.5) is 0 Å². The molecule has 1 aliphatic heterocycles. The van der Waals surface area contributed by atoms with Gasteiger partial charge in [0.1, 0.15) is 18.1 Å². The maximum atomic E-state index is 5.84. The lowest BCUT2D eigenvalue weighted by molar-refractivity contribution is 0.305. The highest BCUT2D eigenvalue weighted by Gasteiger charge is 2.17. The minimum absolute atomic E-state index is 0.559. The molecule has 1 heterocycles. The second-order valence-corrected chi connectivity index (χ2v) is 7.51. The Balaban J connectivity index is 1.59. The first kappa shape index (κ1) is 14.7. The number of ether oxygens (including phenoxy) is 2. The van der Waals surface area contributed by atoms with Crippen LogP contribution in [0.15, 0.2) is 48.5 Å². The van der Waals surface area contributed by atoms with Crippen LogP contribution in [0.2, 0.25) is 0 Å². The molecular formula is C17H18O2S2. The summed E-state index contributed by atoms with van der Waals surface area (Å²) in [5, 5.41) is 0. The van der Waals surface area contributed by atoms with E-state index in [0.717, 1.165) is 17.1 Å². The summed E-state index contributed by atoms with van der Waals surface area (Å²) in [5.74, 6) is 4.28. The van der Waals surface area contributed by atoms with Crippen molar-refractivity contribution >= 4 is 23.5 Å². The Labute approximate surface area is 134 Å². The van der Waals surface area contributed by atoms with E-state index in [2.05, 4.69) is 24.3 Å². The van der Waals surface area contributed by atoms with E-state index >= 15 is 0 Å². The van der Waals surface area contributed by atoms with Crippen LogP contribution in [0, 0.1) is 0 Å². The largest absolute Gasteiger partial charge is 0.497 e. The van der Waals surface area contributed by atoms with Gasteiger partial charge in [-0.15, -0.1) is 23.5 Å². The zero-order valence-electron chi connectivity index (χ0n) is 12.0. The standard InChI is InChI=1S/C17H18O2S2/c1-18-16-4-2-3-13(11-16)12-19-15-7-5-14(6-8-15)17-20-9-10-21-17/h2-8,11,17H,9-10,12H2,1H3. The number of methoxy groups -OCH3 is 1. The molecule has 0 spiro atoms. The molecule has 0 aliphatic carbocycles. The molecule has 2 nitrogen and oxygen atoms in total. The summed E-state index contributed by atoms with van der Waals surface area (Å²) in [6, 6.07) is 16.4. The third-order valence-electron chi connectivity index (χ3n) is 3.31. The molecule has 0 bridgehead atoms. The van der Waals surface area contributed by atoms with Gasteiger partial charge in [-0.2, -0.15) is 0 Å². The maximum Gasteiger partial charge on any atom is 0.119 e. The molecule has 0 saturated carbocycles. The Kier molecular flexibility index (Phi) is 4.99. The SMILES string of the molecule is COc1cccc(COc2ccc(C3SCCS3)cc2)c1. The molecule has 0 unspecified atom stereocenters. The van der Waals surface area contributed by atoms with Crippen molar-refractivity contribution in [2.45, 2.75) is 11.2 Å². The third kappa shape index (κ3) is 3.89. The van der Waals surface area contributed by atoms with Gasteiger partial charge < -0.3 is 9.47 Å². The van der Waals surface area contributed by atoms with Crippen molar-refractivity contribution in [3.8, 4) is 11.5 Å². The summed E-state index contributed by atoms with van der Waals surface area (Å²) in [5.41, 5.74) is 2.50. The van der Waals surface area contributed by atoms with E-state index in [0.29, 0.717) is 11.2 Å². The zero-order chi connectivity index (χ0) is 14.5. The lowest BCUT2D eigenvalue weighted by Gasteiger charge is -2.11. The topological polar surface area (TPSA) is 18.5 Å². The summed E-state index contributed by atoms with van der Waals surface area (Å²) in [6.07, 6.45) is 0. The van der Waals surface area contributed by atoms with Gasteiger partial charge in [-0.1, -0.05) is 24.3 Å². The predicted octanol–water partition coefficient (Wildman–Crippen LogP) is 4.75.